The lowest BCUT2D eigenvalue weighted by atomic mass is 10.1. The first-order valence-electron chi connectivity index (χ1n) is 8.42. The number of thiophene rings is 1. The lowest BCUT2D eigenvalue weighted by Gasteiger charge is -2.07. The van der Waals surface area contributed by atoms with E-state index in [2.05, 4.69) is 21.5 Å². The number of aromatic nitrogens is 3. The Morgan fingerprint density at radius 1 is 1.26 bits per heavy atom. The number of ether oxygens (including phenoxy) is 1. The minimum atomic E-state index is -0.150. The van der Waals surface area contributed by atoms with Crippen molar-refractivity contribution in [1.82, 2.24) is 20.1 Å². The van der Waals surface area contributed by atoms with Crippen LogP contribution in [0.4, 0.5) is 0 Å². The first-order valence-corrected chi connectivity index (χ1v) is 9.30. The fourth-order valence-electron chi connectivity index (χ4n) is 3.01. The number of rotatable bonds is 5. The van der Waals surface area contributed by atoms with E-state index in [1.54, 1.807) is 41.5 Å². The summed E-state index contributed by atoms with van der Waals surface area (Å²) in [5.74, 6) is 0.525. The molecule has 0 spiro atoms. The van der Waals surface area contributed by atoms with Crippen LogP contribution < -0.4 is 10.1 Å². The number of carbonyl (C=O) groups excluding carboxylic acids is 1. The Morgan fingerprint density at radius 3 is 2.93 bits per heavy atom. The van der Waals surface area contributed by atoms with Crippen LogP contribution >= 0.6 is 11.3 Å². The summed E-state index contributed by atoms with van der Waals surface area (Å²) < 4.78 is 7.00. The largest absolute Gasteiger partial charge is 0.481 e. The van der Waals surface area contributed by atoms with Crippen molar-refractivity contribution in [3.63, 3.8) is 0 Å². The van der Waals surface area contributed by atoms with Gasteiger partial charge < -0.3 is 10.1 Å². The van der Waals surface area contributed by atoms with E-state index in [1.165, 1.54) is 0 Å². The Morgan fingerprint density at radius 2 is 2.15 bits per heavy atom. The predicted octanol–water partition coefficient (Wildman–Crippen LogP) is 3.64. The molecule has 4 aromatic rings. The van der Waals surface area contributed by atoms with Crippen LogP contribution in [-0.4, -0.2) is 27.8 Å². The molecule has 0 atom stereocenters. The van der Waals surface area contributed by atoms with E-state index in [9.17, 15) is 4.79 Å². The molecule has 0 bridgehead atoms. The van der Waals surface area contributed by atoms with Crippen LogP contribution in [0.5, 0.6) is 5.88 Å². The number of amides is 1. The zero-order valence-electron chi connectivity index (χ0n) is 15.0. The molecule has 0 radical (unpaired) electrons. The maximum Gasteiger partial charge on any atom is 0.251 e. The molecule has 0 saturated carbocycles. The first-order chi connectivity index (χ1) is 13.2. The number of benzene rings is 1. The molecule has 0 aliphatic rings. The summed E-state index contributed by atoms with van der Waals surface area (Å²) in [6.07, 6.45) is 3.60. The van der Waals surface area contributed by atoms with E-state index >= 15 is 0 Å². The van der Waals surface area contributed by atoms with Crippen LogP contribution in [0.2, 0.25) is 0 Å². The molecule has 0 fully saturated rings. The van der Waals surface area contributed by atoms with Gasteiger partial charge in [-0.1, -0.05) is 6.07 Å². The minimum absolute atomic E-state index is 0.150. The second-order valence-corrected chi connectivity index (χ2v) is 7.05. The molecule has 1 N–H and O–H groups in total. The smallest absolute Gasteiger partial charge is 0.251 e. The molecule has 6 nitrogen and oxygen atoms in total. The van der Waals surface area contributed by atoms with Crippen molar-refractivity contribution in [2.75, 3.05) is 7.11 Å². The highest BCUT2D eigenvalue weighted by atomic mass is 32.1. The average molecular weight is 378 g/mol. The Labute approximate surface area is 160 Å². The Hall–Kier alpha value is -3.19. The van der Waals surface area contributed by atoms with Crippen LogP contribution in [-0.2, 0) is 13.6 Å². The molecule has 136 valence electrons. The fraction of sp³-hybridized carbons (Fsp3) is 0.150. The second-order valence-electron chi connectivity index (χ2n) is 6.11. The molecule has 1 aromatic carbocycles. The Balaban J connectivity index is 1.50. The van der Waals surface area contributed by atoms with Gasteiger partial charge in [0.2, 0.25) is 5.88 Å². The van der Waals surface area contributed by atoms with E-state index in [-0.39, 0.29) is 5.91 Å². The number of pyridine rings is 1. The normalized spacial score (nSPS) is 10.9. The lowest BCUT2D eigenvalue weighted by Crippen LogP contribution is -2.22. The van der Waals surface area contributed by atoms with Crippen molar-refractivity contribution in [2.45, 2.75) is 6.54 Å². The van der Waals surface area contributed by atoms with E-state index < -0.39 is 0 Å². The van der Waals surface area contributed by atoms with Crippen LogP contribution in [0, 0.1) is 0 Å². The predicted molar refractivity (Wildman–Crippen MR) is 106 cm³/mol. The number of carbonyl (C=O) groups is 1. The summed E-state index contributed by atoms with van der Waals surface area (Å²) in [5.41, 5.74) is 3.29. The third-order valence-corrected chi connectivity index (χ3v) is 5.21. The average Bonchev–Trinajstić information content (AvgIpc) is 3.32. The van der Waals surface area contributed by atoms with Gasteiger partial charge in [-0.2, -0.15) is 5.10 Å². The molecule has 0 saturated heterocycles. The summed E-state index contributed by atoms with van der Waals surface area (Å²) in [7, 11) is 3.42. The molecule has 0 unspecified atom stereocenters. The van der Waals surface area contributed by atoms with Gasteiger partial charge in [-0.05, 0) is 41.3 Å². The van der Waals surface area contributed by atoms with Gasteiger partial charge in [-0.25, -0.2) is 4.68 Å². The lowest BCUT2D eigenvalue weighted by molar-refractivity contribution is 0.0951. The highest BCUT2D eigenvalue weighted by molar-refractivity contribution is 7.13. The highest BCUT2D eigenvalue weighted by Crippen LogP contribution is 2.26. The van der Waals surface area contributed by atoms with Gasteiger partial charge >= 0.3 is 0 Å². The zero-order valence-corrected chi connectivity index (χ0v) is 15.8. The fourth-order valence-corrected chi connectivity index (χ4v) is 3.71. The van der Waals surface area contributed by atoms with Crippen molar-refractivity contribution < 1.29 is 9.53 Å². The van der Waals surface area contributed by atoms with Gasteiger partial charge in [-0.15, -0.1) is 11.3 Å². The number of nitrogens with zero attached hydrogens (tertiary/aromatic N) is 3. The molecular formula is C20H18N4O2S. The van der Waals surface area contributed by atoms with E-state index in [4.69, 9.17) is 4.74 Å². The molecule has 0 aliphatic carbocycles. The molecule has 3 aromatic heterocycles. The summed E-state index contributed by atoms with van der Waals surface area (Å²) in [6, 6.07) is 11.5. The van der Waals surface area contributed by atoms with Crippen molar-refractivity contribution in [3.05, 3.63) is 65.3 Å². The SMILES string of the molecule is COc1c2ccc(C(=O)NCc3cncc(-c4cccs4)c3)cc2nn1C. The van der Waals surface area contributed by atoms with Gasteiger partial charge in [0.05, 0.1) is 18.0 Å². The number of hydrogen-bond donors (Lipinski definition) is 1. The molecule has 4 rings (SSSR count). The molecule has 1 amide bonds. The van der Waals surface area contributed by atoms with Crippen molar-refractivity contribution >= 4 is 28.1 Å². The van der Waals surface area contributed by atoms with Gasteiger partial charge in [0.1, 0.15) is 0 Å². The van der Waals surface area contributed by atoms with Gasteiger partial charge in [0.25, 0.3) is 5.91 Å². The Bertz CT molecular complexity index is 1100. The highest BCUT2D eigenvalue weighted by Gasteiger charge is 2.13. The molecule has 3 heterocycles. The van der Waals surface area contributed by atoms with Gasteiger partial charge in [-0.3, -0.25) is 9.78 Å². The number of hydrogen-bond acceptors (Lipinski definition) is 5. The van der Waals surface area contributed by atoms with Crippen LogP contribution in [0.3, 0.4) is 0 Å². The number of nitrogens with one attached hydrogen (secondary N) is 1. The van der Waals surface area contributed by atoms with Crippen molar-refractivity contribution in [2.24, 2.45) is 7.05 Å². The Kier molecular flexibility index (Phi) is 4.60. The van der Waals surface area contributed by atoms with Crippen LogP contribution in [0.1, 0.15) is 15.9 Å². The number of aryl methyl sites for hydroxylation is 1. The third-order valence-electron chi connectivity index (χ3n) is 4.29. The van der Waals surface area contributed by atoms with Crippen molar-refractivity contribution in [3.8, 4) is 16.3 Å². The quantitative estimate of drug-likeness (QED) is 0.576. The third kappa shape index (κ3) is 3.41. The zero-order chi connectivity index (χ0) is 18.8. The monoisotopic (exact) mass is 378 g/mol. The van der Waals surface area contributed by atoms with Crippen LogP contribution in [0.15, 0.2) is 54.2 Å². The molecule has 0 aliphatic heterocycles. The van der Waals surface area contributed by atoms with Crippen LogP contribution in [0.25, 0.3) is 21.3 Å². The summed E-state index contributed by atoms with van der Waals surface area (Å²) in [4.78, 5) is 18.0. The first kappa shape index (κ1) is 17.2. The van der Waals surface area contributed by atoms with Gasteiger partial charge in [0.15, 0.2) is 0 Å². The van der Waals surface area contributed by atoms with E-state index in [0.717, 1.165) is 26.9 Å². The summed E-state index contributed by atoms with van der Waals surface area (Å²) in [6.45, 7) is 0.411. The number of fused-ring (bicyclic) bond motifs is 1. The summed E-state index contributed by atoms with van der Waals surface area (Å²) >= 11 is 1.67. The number of methoxy groups -OCH3 is 1. The maximum absolute atomic E-state index is 12.5. The molecular weight excluding hydrogens is 360 g/mol. The van der Waals surface area contributed by atoms with E-state index in [0.29, 0.717) is 18.0 Å². The van der Waals surface area contributed by atoms with Crippen molar-refractivity contribution in [1.29, 1.82) is 0 Å². The van der Waals surface area contributed by atoms with Gasteiger partial charge in [0, 0.05) is 42.0 Å². The second kappa shape index (κ2) is 7.20. The minimum Gasteiger partial charge on any atom is -0.481 e. The topological polar surface area (TPSA) is 69.0 Å². The van der Waals surface area contributed by atoms with E-state index in [1.807, 2.05) is 36.8 Å². The standard InChI is InChI=1S/C20H18N4O2S/c1-24-20(26-2)16-6-5-14(9-17(16)23-24)19(25)22-11-13-8-15(12-21-10-13)18-4-3-7-27-18/h3-10,12H,11H2,1-2H3,(H,22,25). The molecule has 7 heteroatoms. The maximum atomic E-state index is 12.5. The summed E-state index contributed by atoms with van der Waals surface area (Å²) in [5, 5.41) is 10.2. The molecule has 27 heavy (non-hydrogen) atoms.